The molecule has 2 heteroatoms. The number of epoxide rings is 1. The number of ketones is 1. The van der Waals surface area contributed by atoms with Gasteiger partial charge in [0.05, 0.1) is 11.7 Å². The van der Waals surface area contributed by atoms with Crippen LogP contribution >= 0.6 is 0 Å². The molecule has 2 rings (SSSR count). The van der Waals surface area contributed by atoms with Gasteiger partial charge >= 0.3 is 0 Å². The highest BCUT2D eigenvalue weighted by Gasteiger charge is 2.58. The van der Waals surface area contributed by atoms with Gasteiger partial charge in [-0.25, -0.2) is 0 Å². The lowest BCUT2D eigenvalue weighted by Gasteiger charge is -2.27. The zero-order valence-corrected chi connectivity index (χ0v) is 11.1. The largest absolute Gasteiger partial charge is 0.365 e. The smallest absolute Gasteiger partial charge is 0.133 e. The summed E-state index contributed by atoms with van der Waals surface area (Å²) in [5, 5.41) is 0. The van der Waals surface area contributed by atoms with Gasteiger partial charge in [0.25, 0.3) is 0 Å². The molecule has 0 spiro atoms. The number of hydrogen-bond acceptors (Lipinski definition) is 2. The minimum absolute atomic E-state index is 0.140. The van der Waals surface area contributed by atoms with Crippen LogP contribution in [-0.2, 0) is 9.53 Å². The second kappa shape index (κ2) is 4.41. The summed E-state index contributed by atoms with van der Waals surface area (Å²) in [7, 11) is 0. The summed E-state index contributed by atoms with van der Waals surface area (Å²) in [5.41, 5.74) is 2.38. The number of Topliss-reactive ketones (excluding diaryl/α,β-unsaturated/α-hetero) is 1. The van der Waals surface area contributed by atoms with Gasteiger partial charge in [-0.3, -0.25) is 4.79 Å². The summed E-state index contributed by atoms with van der Waals surface area (Å²) in [6, 6.07) is 0. The van der Waals surface area contributed by atoms with Gasteiger partial charge in [-0.05, 0) is 33.6 Å². The molecule has 2 aliphatic rings. The maximum atomic E-state index is 11.6. The molecule has 1 heterocycles. The molecule has 0 amide bonds. The Morgan fingerprint density at radius 1 is 1.53 bits per heavy atom. The second-order valence-corrected chi connectivity index (χ2v) is 5.76. The average molecular weight is 234 g/mol. The van der Waals surface area contributed by atoms with Gasteiger partial charge in [0.2, 0.25) is 0 Å². The lowest BCUT2D eigenvalue weighted by molar-refractivity contribution is -0.121. The predicted molar refractivity (Wildman–Crippen MR) is 68.8 cm³/mol. The van der Waals surface area contributed by atoms with Crippen molar-refractivity contribution in [3.63, 3.8) is 0 Å². The Kier molecular flexibility index (Phi) is 3.26. The van der Waals surface area contributed by atoms with E-state index in [2.05, 4.69) is 33.4 Å². The lowest BCUT2D eigenvalue weighted by atomic mass is 9.75. The molecular formula is C15H22O2. The Bertz CT molecular complexity index is 376. The summed E-state index contributed by atoms with van der Waals surface area (Å²) in [6.45, 7) is 10.4. The van der Waals surface area contributed by atoms with Crippen molar-refractivity contribution in [1.29, 1.82) is 0 Å². The van der Waals surface area contributed by atoms with Gasteiger partial charge < -0.3 is 4.74 Å². The molecule has 2 fully saturated rings. The quantitative estimate of drug-likeness (QED) is 0.553. The first-order chi connectivity index (χ1) is 7.93. The molecule has 2 nitrogen and oxygen atoms in total. The predicted octanol–water partition coefficient (Wildman–Crippen LogP) is 3.43. The summed E-state index contributed by atoms with van der Waals surface area (Å²) >= 11 is 0. The van der Waals surface area contributed by atoms with Crippen LogP contribution in [0.4, 0.5) is 0 Å². The average Bonchev–Trinajstić information content (AvgIpc) is 2.92. The molecule has 1 aliphatic heterocycles. The third-order valence-corrected chi connectivity index (χ3v) is 4.06. The minimum atomic E-state index is -0.140. The molecule has 0 aromatic carbocycles. The number of hydrogen-bond donors (Lipinski definition) is 0. The van der Waals surface area contributed by atoms with Crippen LogP contribution in [0, 0.1) is 5.92 Å². The topological polar surface area (TPSA) is 29.6 Å². The highest BCUT2D eigenvalue weighted by molar-refractivity contribution is 5.80. The van der Waals surface area contributed by atoms with E-state index in [4.69, 9.17) is 4.74 Å². The van der Waals surface area contributed by atoms with Gasteiger partial charge in [0.1, 0.15) is 5.78 Å². The van der Waals surface area contributed by atoms with Crippen LogP contribution in [0.5, 0.6) is 0 Å². The van der Waals surface area contributed by atoms with Gasteiger partial charge in [-0.2, -0.15) is 0 Å². The Labute approximate surface area is 104 Å². The van der Waals surface area contributed by atoms with Crippen molar-refractivity contribution < 1.29 is 9.53 Å². The molecule has 1 saturated heterocycles. The van der Waals surface area contributed by atoms with Crippen molar-refractivity contribution in [2.24, 2.45) is 5.92 Å². The molecule has 0 radical (unpaired) electrons. The van der Waals surface area contributed by atoms with E-state index < -0.39 is 0 Å². The van der Waals surface area contributed by atoms with Crippen LogP contribution < -0.4 is 0 Å². The van der Waals surface area contributed by atoms with Crippen LogP contribution in [-0.4, -0.2) is 17.5 Å². The summed E-state index contributed by atoms with van der Waals surface area (Å²) in [6.07, 6.45) is 5.58. The Morgan fingerprint density at radius 3 is 2.88 bits per heavy atom. The third-order valence-electron chi connectivity index (χ3n) is 4.06. The number of ether oxygens (including phenoxy) is 1. The fourth-order valence-corrected chi connectivity index (χ4v) is 2.76. The van der Waals surface area contributed by atoms with Gasteiger partial charge in [-0.15, -0.1) is 0 Å². The van der Waals surface area contributed by atoms with E-state index in [0.717, 1.165) is 12.8 Å². The van der Waals surface area contributed by atoms with Crippen molar-refractivity contribution in [2.45, 2.75) is 58.2 Å². The first kappa shape index (κ1) is 12.6. The SMILES string of the molecule is C=C1CCC(=O)C[C@@H]1C1(C)OC1CC=C(C)C. The number of carbonyl (C=O) groups is 1. The molecule has 1 aliphatic carbocycles. The van der Waals surface area contributed by atoms with E-state index in [1.54, 1.807) is 0 Å². The van der Waals surface area contributed by atoms with E-state index in [1.165, 1.54) is 11.1 Å². The number of rotatable bonds is 3. The Morgan fingerprint density at radius 2 is 2.24 bits per heavy atom. The summed E-state index contributed by atoms with van der Waals surface area (Å²) in [5.74, 6) is 0.597. The molecule has 0 aromatic heterocycles. The normalized spacial score (nSPS) is 36.9. The zero-order chi connectivity index (χ0) is 12.6. The molecule has 17 heavy (non-hydrogen) atoms. The van der Waals surface area contributed by atoms with Crippen LogP contribution in [0.1, 0.15) is 46.5 Å². The molecule has 2 unspecified atom stereocenters. The Balaban J connectivity index is 2.00. The van der Waals surface area contributed by atoms with E-state index in [-0.39, 0.29) is 17.6 Å². The lowest BCUT2D eigenvalue weighted by Crippen LogP contribution is -2.30. The van der Waals surface area contributed by atoms with Crippen LogP contribution in [0.15, 0.2) is 23.8 Å². The minimum Gasteiger partial charge on any atom is -0.365 e. The van der Waals surface area contributed by atoms with Gasteiger partial charge in [0, 0.05) is 18.8 Å². The van der Waals surface area contributed by atoms with Gasteiger partial charge in [0.15, 0.2) is 0 Å². The molecule has 0 aromatic rings. The fraction of sp³-hybridized carbons (Fsp3) is 0.667. The number of carbonyl (C=O) groups excluding carboxylic acids is 1. The van der Waals surface area contributed by atoms with Crippen molar-refractivity contribution in [1.82, 2.24) is 0 Å². The number of allylic oxidation sites excluding steroid dienone is 1. The van der Waals surface area contributed by atoms with Crippen LogP contribution in [0.3, 0.4) is 0 Å². The summed E-state index contributed by atoms with van der Waals surface area (Å²) in [4.78, 5) is 11.6. The van der Waals surface area contributed by atoms with Crippen LogP contribution in [0.2, 0.25) is 0 Å². The first-order valence-corrected chi connectivity index (χ1v) is 6.44. The van der Waals surface area contributed by atoms with E-state index >= 15 is 0 Å². The molecule has 3 atom stereocenters. The zero-order valence-electron chi connectivity index (χ0n) is 11.1. The van der Waals surface area contributed by atoms with Gasteiger partial charge in [-0.1, -0.05) is 23.8 Å². The van der Waals surface area contributed by atoms with Crippen molar-refractivity contribution in [3.05, 3.63) is 23.8 Å². The molecule has 94 valence electrons. The second-order valence-electron chi connectivity index (χ2n) is 5.76. The highest BCUT2D eigenvalue weighted by atomic mass is 16.6. The van der Waals surface area contributed by atoms with E-state index in [0.29, 0.717) is 18.6 Å². The highest BCUT2D eigenvalue weighted by Crippen LogP contribution is 2.50. The molecule has 1 saturated carbocycles. The molecular weight excluding hydrogens is 212 g/mol. The molecule has 0 N–H and O–H groups in total. The van der Waals surface area contributed by atoms with Crippen molar-refractivity contribution in [3.8, 4) is 0 Å². The van der Waals surface area contributed by atoms with E-state index in [1.807, 2.05) is 0 Å². The fourth-order valence-electron chi connectivity index (χ4n) is 2.76. The molecule has 0 bridgehead atoms. The standard InChI is InChI=1S/C15H22O2/c1-10(2)5-8-14-15(4,17-14)13-9-12(16)7-6-11(13)3/h5,13-14H,3,6-9H2,1-2,4H3/t13-,14?,15?/m0/s1. The van der Waals surface area contributed by atoms with Crippen molar-refractivity contribution in [2.75, 3.05) is 0 Å². The van der Waals surface area contributed by atoms with E-state index in [9.17, 15) is 4.79 Å². The Hall–Kier alpha value is -0.890. The summed E-state index contributed by atoms with van der Waals surface area (Å²) < 4.78 is 5.86. The first-order valence-electron chi connectivity index (χ1n) is 6.44. The van der Waals surface area contributed by atoms with Crippen molar-refractivity contribution >= 4 is 5.78 Å². The van der Waals surface area contributed by atoms with Crippen LogP contribution in [0.25, 0.3) is 0 Å². The monoisotopic (exact) mass is 234 g/mol. The maximum Gasteiger partial charge on any atom is 0.133 e. The third kappa shape index (κ3) is 2.52. The maximum absolute atomic E-state index is 11.6.